The molecule has 0 aromatic heterocycles. The molecule has 1 aliphatic rings. The lowest BCUT2D eigenvalue weighted by Gasteiger charge is -2.31. The standard InChI is InChI=1S/C22H21BrN2O3S/c23-18-10-12-19(13-11-18)29(27,28)25-14-4-7-17(15-25)22(26)24-21-9-3-6-16-5-1-2-8-20(16)21/h1-3,5-6,8-13,17H,4,7,14-15H2,(H,24,26)/t17-/m0/s1. The number of rotatable bonds is 4. The third kappa shape index (κ3) is 4.22. The van der Waals surface area contributed by atoms with E-state index in [-0.39, 0.29) is 23.3 Å². The topological polar surface area (TPSA) is 66.5 Å². The molecular weight excluding hydrogens is 452 g/mol. The van der Waals surface area contributed by atoms with Crippen LogP contribution in [0.25, 0.3) is 10.8 Å². The third-order valence-electron chi connectivity index (χ3n) is 5.25. The van der Waals surface area contributed by atoms with Gasteiger partial charge in [0.1, 0.15) is 0 Å². The first-order valence-corrected chi connectivity index (χ1v) is 11.7. The van der Waals surface area contributed by atoms with Crippen LogP contribution in [0.15, 0.2) is 76.1 Å². The quantitative estimate of drug-likeness (QED) is 0.601. The van der Waals surface area contributed by atoms with Crippen LogP contribution in [0.2, 0.25) is 0 Å². The fraction of sp³-hybridized carbons (Fsp3) is 0.227. The van der Waals surface area contributed by atoms with E-state index in [1.165, 1.54) is 4.31 Å². The Balaban J connectivity index is 1.52. The summed E-state index contributed by atoms with van der Waals surface area (Å²) in [6, 6.07) is 20.2. The Hall–Kier alpha value is -2.22. The van der Waals surface area contributed by atoms with Gasteiger partial charge < -0.3 is 5.32 Å². The zero-order valence-corrected chi connectivity index (χ0v) is 18.1. The molecule has 3 aromatic rings. The van der Waals surface area contributed by atoms with E-state index in [1.807, 2.05) is 42.5 Å². The van der Waals surface area contributed by atoms with Crippen molar-refractivity contribution in [1.29, 1.82) is 0 Å². The Labute approximate surface area is 178 Å². The number of sulfonamides is 1. The molecule has 29 heavy (non-hydrogen) atoms. The molecule has 0 spiro atoms. The molecule has 4 rings (SSSR count). The predicted molar refractivity (Wildman–Crippen MR) is 118 cm³/mol. The first-order chi connectivity index (χ1) is 13.9. The van der Waals surface area contributed by atoms with Gasteiger partial charge >= 0.3 is 0 Å². The van der Waals surface area contributed by atoms with Crippen LogP contribution in [-0.2, 0) is 14.8 Å². The summed E-state index contributed by atoms with van der Waals surface area (Å²) in [7, 11) is -3.62. The molecule has 5 nitrogen and oxygen atoms in total. The molecule has 1 N–H and O–H groups in total. The lowest BCUT2D eigenvalue weighted by molar-refractivity contribution is -0.120. The number of carbonyl (C=O) groups excluding carboxylic acids is 1. The minimum Gasteiger partial charge on any atom is -0.325 e. The molecular formula is C22H21BrN2O3S. The summed E-state index contributed by atoms with van der Waals surface area (Å²) in [6.07, 6.45) is 1.33. The maximum absolute atomic E-state index is 13.0. The van der Waals surface area contributed by atoms with Crippen LogP contribution in [0.5, 0.6) is 0 Å². The van der Waals surface area contributed by atoms with E-state index in [0.717, 1.165) is 20.9 Å². The highest BCUT2D eigenvalue weighted by Crippen LogP contribution is 2.27. The van der Waals surface area contributed by atoms with Crippen molar-refractivity contribution in [1.82, 2.24) is 4.31 Å². The number of benzene rings is 3. The van der Waals surface area contributed by atoms with Crippen molar-refractivity contribution in [3.8, 4) is 0 Å². The number of hydrogen-bond donors (Lipinski definition) is 1. The van der Waals surface area contributed by atoms with Gasteiger partial charge in [-0.05, 0) is 48.6 Å². The number of nitrogens with one attached hydrogen (secondary N) is 1. The zero-order valence-electron chi connectivity index (χ0n) is 15.7. The van der Waals surface area contributed by atoms with Crippen LogP contribution in [0.1, 0.15) is 12.8 Å². The summed E-state index contributed by atoms with van der Waals surface area (Å²) in [5, 5.41) is 5.03. The average molecular weight is 473 g/mol. The van der Waals surface area contributed by atoms with Crippen molar-refractivity contribution in [2.75, 3.05) is 18.4 Å². The normalized spacial score (nSPS) is 17.9. The van der Waals surface area contributed by atoms with Gasteiger partial charge in [-0.3, -0.25) is 4.79 Å². The molecule has 0 bridgehead atoms. The van der Waals surface area contributed by atoms with Gasteiger partial charge in [-0.15, -0.1) is 0 Å². The van der Waals surface area contributed by atoms with E-state index in [0.29, 0.717) is 19.4 Å². The van der Waals surface area contributed by atoms with E-state index in [2.05, 4.69) is 21.2 Å². The van der Waals surface area contributed by atoms with Crippen LogP contribution in [-0.4, -0.2) is 31.7 Å². The van der Waals surface area contributed by atoms with Crippen molar-refractivity contribution in [2.45, 2.75) is 17.7 Å². The van der Waals surface area contributed by atoms with Gasteiger partial charge in [0, 0.05) is 28.6 Å². The summed E-state index contributed by atoms with van der Waals surface area (Å²) >= 11 is 3.32. The predicted octanol–water partition coefficient (Wildman–Crippen LogP) is 4.64. The smallest absolute Gasteiger partial charge is 0.243 e. The molecule has 0 aliphatic carbocycles. The Bertz CT molecular complexity index is 1140. The largest absolute Gasteiger partial charge is 0.325 e. The van der Waals surface area contributed by atoms with Gasteiger partial charge in [0.2, 0.25) is 15.9 Å². The Morgan fingerprint density at radius 2 is 1.72 bits per heavy atom. The van der Waals surface area contributed by atoms with Gasteiger partial charge in [-0.25, -0.2) is 8.42 Å². The van der Waals surface area contributed by atoms with Crippen LogP contribution in [0, 0.1) is 5.92 Å². The highest BCUT2D eigenvalue weighted by Gasteiger charge is 2.33. The monoisotopic (exact) mass is 472 g/mol. The lowest BCUT2D eigenvalue weighted by Crippen LogP contribution is -2.43. The van der Waals surface area contributed by atoms with E-state index in [9.17, 15) is 13.2 Å². The fourth-order valence-electron chi connectivity index (χ4n) is 3.70. The average Bonchev–Trinajstić information content (AvgIpc) is 2.74. The Morgan fingerprint density at radius 1 is 1.00 bits per heavy atom. The second-order valence-electron chi connectivity index (χ2n) is 7.17. The molecule has 3 aromatic carbocycles. The van der Waals surface area contributed by atoms with Gasteiger partial charge in [-0.2, -0.15) is 4.31 Å². The first kappa shape index (κ1) is 20.1. The maximum Gasteiger partial charge on any atom is 0.243 e. The van der Waals surface area contributed by atoms with E-state index in [4.69, 9.17) is 0 Å². The van der Waals surface area contributed by atoms with E-state index < -0.39 is 10.0 Å². The minimum absolute atomic E-state index is 0.142. The summed E-state index contributed by atoms with van der Waals surface area (Å²) in [4.78, 5) is 13.2. The molecule has 1 heterocycles. The number of nitrogens with zero attached hydrogens (tertiary/aromatic N) is 1. The molecule has 150 valence electrons. The number of hydrogen-bond acceptors (Lipinski definition) is 3. The molecule has 1 saturated heterocycles. The number of halogens is 1. The SMILES string of the molecule is O=C(Nc1cccc2ccccc12)[C@H]1CCCN(S(=O)(=O)c2ccc(Br)cc2)C1. The molecule has 0 unspecified atom stereocenters. The Kier molecular flexibility index (Phi) is 5.72. The van der Waals surface area contributed by atoms with Crippen LogP contribution >= 0.6 is 15.9 Å². The summed E-state index contributed by atoms with van der Waals surface area (Å²) in [6.45, 7) is 0.617. The van der Waals surface area contributed by atoms with Gasteiger partial charge in [0.15, 0.2) is 0 Å². The molecule has 1 aliphatic heterocycles. The summed E-state index contributed by atoms with van der Waals surface area (Å²) < 4.78 is 28.2. The van der Waals surface area contributed by atoms with Crippen LogP contribution in [0.3, 0.4) is 0 Å². The van der Waals surface area contributed by atoms with E-state index in [1.54, 1.807) is 24.3 Å². The molecule has 7 heteroatoms. The first-order valence-electron chi connectivity index (χ1n) is 9.49. The van der Waals surface area contributed by atoms with Crippen molar-refractivity contribution < 1.29 is 13.2 Å². The van der Waals surface area contributed by atoms with Crippen LogP contribution < -0.4 is 5.32 Å². The number of carbonyl (C=O) groups is 1. The second-order valence-corrected chi connectivity index (χ2v) is 10.0. The second kappa shape index (κ2) is 8.26. The molecule has 0 saturated carbocycles. The van der Waals surface area contributed by atoms with Crippen molar-refractivity contribution in [3.63, 3.8) is 0 Å². The van der Waals surface area contributed by atoms with Crippen molar-refractivity contribution in [3.05, 3.63) is 71.2 Å². The number of fused-ring (bicyclic) bond motifs is 1. The summed E-state index contributed by atoms with van der Waals surface area (Å²) in [5.74, 6) is -0.523. The highest BCUT2D eigenvalue weighted by molar-refractivity contribution is 9.10. The molecule has 1 atom stereocenters. The van der Waals surface area contributed by atoms with E-state index >= 15 is 0 Å². The number of piperidine rings is 1. The van der Waals surface area contributed by atoms with Crippen molar-refractivity contribution in [2.24, 2.45) is 5.92 Å². The van der Waals surface area contributed by atoms with Gasteiger partial charge in [-0.1, -0.05) is 52.3 Å². The highest BCUT2D eigenvalue weighted by atomic mass is 79.9. The zero-order chi connectivity index (χ0) is 20.4. The third-order valence-corrected chi connectivity index (χ3v) is 7.66. The fourth-order valence-corrected chi connectivity index (χ4v) is 5.49. The molecule has 1 amide bonds. The molecule has 1 fully saturated rings. The van der Waals surface area contributed by atoms with Gasteiger partial charge in [0.25, 0.3) is 0 Å². The molecule has 0 radical (unpaired) electrons. The summed E-state index contributed by atoms with van der Waals surface area (Å²) in [5.41, 5.74) is 0.751. The van der Waals surface area contributed by atoms with Crippen LogP contribution in [0.4, 0.5) is 5.69 Å². The maximum atomic E-state index is 13.0. The van der Waals surface area contributed by atoms with Crippen molar-refractivity contribution >= 4 is 48.3 Å². The lowest BCUT2D eigenvalue weighted by atomic mass is 9.98. The van der Waals surface area contributed by atoms with Gasteiger partial charge in [0.05, 0.1) is 10.8 Å². The minimum atomic E-state index is -3.62. The number of amides is 1. The number of anilines is 1. The Morgan fingerprint density at radius 3 is 2.52 bits per heavy atom.